The molecule has 0 bridgehead atoms. The summed E-state index contributed by atoms with van der Waals surface area (Å²) >= 11 is 1.63. The lowest BCUT2D eigenvalue weighted by Gasteiger charge is -2.08. The SMILES string of the molecule is CSc1ccc(C)cc1/C(C)=C\C(=O)O. The number of benzene rings is 1. The highest BCUT2D eigenvalue weighted by molar-refractivity contribution is 7.98. The molecule has 0 aliphatic rings. The Morgan fingerprint density at radius 3 is 2.67 bits per heavy atom. The first-order chi connectivity index (χ1) is 7.04. The molecule has 0 saturated heterocycles. The van der Waals surface area contributed by atoms with Crippen molar-refractivity contribution in [3.05, 3.63) is 35.4 Å². The number of thioether (sulfide) groups is 1. The third kappa shape index (κ3) is 3.13. The predicted octanol–water partition coefficient (Wildman–Crippen LogP) is 3.20. The molecule has 0 aliphatic heterocycles. The second kappa shape index (κ2) is 5.03. The molecule has 80 valence electrons. The Bertz CT molecular complexity index is 408. The smallest absolute Gasteiger partial charge is 0.328 e. The summed E-state index contributed by atoms with van der Waals surface area (Å²) in [4.78, 5) is 11.7. The maximum atomic E-state index is 10.6. The Hall–Kier alpha value is -1.22. The molecule has 0 heterocycles. The summed E-state index contributed by atoms with van der Waals surface area (Å²) in [7, 11) is 0. The van der Waals surface area contributed by atoms with Gasteiger partial charge in [-0.15, -0.1) is 11.8 Å². The van der Waals surface area contributed by atoms with Crippen LogP contribution in [0.25, 0.3) is 5.57 Å². The Kier molecular flexibility index (Phi) is 3.97. The summed E-state index contributed by atoms with van der Waals surface area (Å²) in [6.45, 7) is 3.82. The van der Waals surface area contributed by atoms with Crippen LogP contribution in [0.1, 0.15) is 18.1 Å². The minimum Gasteiger partial charge on any atom is -0.478 e. The fourth-order valence-electron chi connectivity index (χ4n) is 1.39. The number of aliphatic carboxylic acids is 1. The molecule has 3 heteroatoms. The second-order valence-electron chi connectivity index (χ2n) is 3.37. The molecule has 1 aromatic carbocycles. The number of hydrogen-bond acceptors (Lipinski definition) is 2. The van der Waals surface area contributed by atoms with Gasteiger partial charge in [0.15, 0.2) is 0 Å². The second-order valence-corrected chi connectivity index (χ2v) is 4.22. The van der Waals surface area contributed by atoms with Crippen LogP contribution in [0.4, 0.5) is 0 Å². The lowest BCUT2D eigenvalue weighted by atomic mass is 10.0. The van der Waals surface area contributed by atoms with Gasteiger partial charge in [0, 0.05) is 11.0 Å². The van der Waals surface area contributed by atoms with Gasteiger partial charge in [-0.25, -0.2) is 4.79 Å². The third-order valence-corrected chi connectivity index (χ3v) is 2.92. The van der Waals surface area contributed by atoms with Crippen molar-refractivity contribution < 1.29 is 9.90 Å². The van der Waals surface area contributed by atoms with Crippen LogP contribution < -0.4 is 0 Å². The zero-order valence-corrected chi connectivity index (χ0v) is 9.89. The summed E-state index contributed by atoms with van der Waals surface area (Å²) in [6, 6.07) is 6.07. The van der Waals surface area contributed by atoms with Gasteiger partial charge in [0.2, 0.25) is 0 Å². The molecule has 0 aliphatic carbocycles. The van der Waals surface area contributed by atoms with E-state index < -0.39 is 5.97 Å². The zero-order valence-electron chi connectivity index (χ0n) is 9.07. The number of carbonyl (C=O) groups is 1. The molecule has 15 heavy (non-hydrogen) atoms. The van der Waals surface area contributed by atoms with Crippen molar-refractivity contribution in [2.75, 3.05) is 6.26 Å². The fourth-order valence-corrected chi connectivity index (χ4v) is 2.04. The molecule has 0 atom stereocenters. The Morgan fingerprint density at radius 1 is 1.47 bits per heavy atom. The van der Waals surface area contributed by atoms with Gasteiger partial charge in [-0.05, 0) is 37.3 Å². The van der Waals surface area contributed by atoms with Crippen LogP contribution in [0.15, 0.2) is 29.2 Å². The predicted molar refractivity (Wildman–Crippen MR) is 64.2 cm³/mol. The maximum absolute atomic E-state index is 10.6. The molecular weight excluding hydrogens is 208 g/mol. The fraction of sp³-hybridized carbons (Fsp3) is 0.250. The van der Waals surface area contributed by atoms with Gasteiger partial charge in [0.1, 0.15) is 0 Å². The van der Waals surface area contributed by atoms with Crippen molar-refractivity contribution >= 4 is 23.3 Å². The molecule has 0 unspecified atom stereocenters. The largest absolute Gasteiger partial charge is 0.478 e. The molecular formula is C12H14O2S. The van der Waals surface area contributed by atoms with Gasteiger partial charge >= 0.3 is 5.97 Å². The summed E-state index contributed by atoms with van der Waals surface area (Å²) in [5.41, 5.74) is 2.93. The van der Waals surface area contributed by atoms with Crippen molar-refractivity contribution in [2.24, 2.45) is 0 Å². The lowest BCUT2D eigenvalue weighted by Crippen LogP contribution is -1.92. The highest BCUT2D eigenvalue weighted by Gasteiger charge is 2.05. The topological polar surface area (TPSA) is 37.3 Å². The van der Waals surface area contributed by atoms with Crippen LogP contribution in [-0.4, -0.2) is 17.3 Å². The van der Waals surface area contributed by atoms with E-state index in [0.717, 1.165) is 21.6 Å². The van der Waals surface area contributed by atoms with Crippen molar-refractivity contribution in [1.29, 1.82) is 0 Å². The van der Waals surface area contributed by atoms with Crippen molar-refractivity contribution in [3.8, 4) is 0 Å². The first kappa shape index (κ1) is 11.9. The standard InChI is InChI=1S/C12H14O2S/c1-8-4-5-11(15-3)10(6-8)9(2)7-12(13)14/h4-7H,1-3H3,(H,13,14)/b9-7-. The van der Waals surface area contributed by atoms with Crippen LogP contribution in [0, 0.1) is 6.92 Å². The number of rotatable bonds is 3. The molecule has 1 rings (SSSR count). The van der Waals surface area contributed by atoms with E-state index in [0.29, 0.717) is 0 Å². The molecule has 0 radical (unpaired) electrons. The first-order valence-corrected chi connectivity index (χ1v) is 5.83. The molecule has 0 spiro atoms. The average molecular weight is 222 g/mol. The normalized spacial score (nSPS) is 11.5. The van der Waals surface area contributed by atoms with Crippen LogP contribution in [0.2, 0.25) is 0 Å². The molecule has 0 aromatic heterocycles. The highest BCUT2D eigenvalue weighted by Crippen LogP contribution is 2.27. The van der Waals surface area contributed by atoms with Gasteiger partial charge in [0.25, 0.3) is 0 Å². The number of carboxylic acid groups (broad SMARTS) is 1. The van der Waals surface area contributed by atoms with Gasteiger partial charge in [-0.1, -0.05) is 17.7 Å². The van der Waals surface area contributed by atoms with Crippen LogP contribution in [0.5, 0.6) is 0 Å². The molecule has 2 nitrogen and oxygen atoms in total. The van der Waals surface area contributed by atoms with Gasteiger partial charge < -0.3 is 5.11 Å². The number of carboxylic acids is 1. The van der Waals surface area contributed by atoms with Crippen molar-refractivity contribution in [3.63, 3.8) is 0 Å². The number of hydrogen-bond donors (Lipinski definition) is 1. The monoisotopic (exact) mass is 222 g/mol. The summed E-state index contributed by atoms with van der Waals surface area (Å²) in [5.74, 6) is -0.902. The molecule has 1 N–H and O–H groups in total. The van der Waals surface area contributed by atoms with E-state index in [1.807, 2.05) is 38.3 Å². The maximum Gasteiger partial charge on any atom is 0.328 e. The number of aryl methyl sites for hydroxylation is 1. The van der Waals surface area contributed by atoms with E-state index in [1.165, 1.54) is 6.08 Å². The summed E-state index contributed by atoms with van der Waals surface area (Å²) in [5, 5.41) is 8.69. The minimum atomic E-state index is -0.902. The van der Waals surface area contributed by atoms with Gasteiger partial charge in [-0.2, -0.15) is 0 Å². The van der Waals surface area contributed by atoms with E-state index in [2.05, 4.69) is 0 Å². The Labute approximate surface area is 94.0 Å². The van der Waals surface area contributed by atoms with Crippen LogP contribution in [0.3, 0.4) is 0 Å². The molecule has 0 saturated carbocycles. The molecule has 1 aromatic rings. The van der Waals surface area contributed by atoms with E-state index in [1.54, 1.807) is 11.8 Å². The van der Waals surface area contributed by atoms with Crippen molar-refractivity contribution in [1.82, 2.24) is 0 Å². The van der Waals surface area contributed by atoms with E-state index in [-0.39, 0.29) is 0 Å². The zero-order chi connectivity index (χ0) is 11.4. The van der Waals surface area contributed by atoms with Gasteiger partial charge in [-0.3, -0.25) is 0 Å². The van der Waals surface area contributed by atoms with Crippen LogP contribution >= 0.6 is 11.8 Å². The van der Waals surface area contributed by atoms with Gasteiger partial charge in [0.05, 0.1) is 0 Å². The van der Waals surface area contributed by atoms with E-state index in [4.69, 9.17) is 5.11 Å². The third-order valence-electron chi connectivity index (χ3n) is 2.12. The molecule has 0 amide bonds. The first-order valence-electron chi connectivity index (χ1n) is 4.61. The Morgan fingerprint density at radius 2 is 2.13 bits per heavy atom. The highest BCUT2D eigenvalue weighted by atomic mass is 32.2. The van der Waals surface area contributed by atoms with E-state index >= 15 is 0 Å². The van der Waals surface area contributed by atoms with Crippen molar-refractivity contribution in [2.45, 2.75) is 18.7 Å². The number of allylic oxidation sites excluding steroid dienone is 1. The molecule has 0 fully saturated rings. The van der Waals surface area contributed by atoms with E-state index in [9.17, 15) is 4.79 Å². The lowest BCUT2D eigenvalue weighted by molar-refractivity contribution is -0.131. The Balaban J connectivity index is 3.22. The quantitative estimate of drug-likeness (QED) is 0.630. The minimum absolute atomic E-state index is 0.788. The summed E-state index contributed by atoms with van der Waals surface area (Å²) < 4.78 is 0. The average Bonchev–Trinajstić information content (AvgIpc) is 2.16. The van der Waals surface area contributed by atoms with Crippen LogP contribution in [-0.2, 0) is 4.79 Å². The summed E-state index contributed by atoms with van der Waals surface area (Å²) in [6.07, 6.45) is 3.23.